The first-order chi connectivity index (χ1) is 13.8. The minimum absolute atomic E-state index is 0.0476. The van der Waals surface area contributed by atoms with E-state index in [1.165, 1.54) is 13.3 Å². The number of sulfonamides is 1. The number of imidazole rings is 1. The zero-order valence-corrected chi connectivity index (χ0v) is 16.9. The van der Waals surface area contributed by atoms with Crippen molar-refractivity contribution >= 4 is 21.7 Å². The number of benzene rings is 2. The molecule has 1 heterocycles. The third kappa shape index (κ3) is 4.83. The summed E-state index contributed by atoms with van der Waals surface area (Å²) in [4.78, 5) is 15.7. The van der Waals surface area contributed by atoms with E-state index in [1.54, 1.807) is 67.1 Å². The number of nitrogens with zero attached hydrogens (tertiary/aromatic N) is 2. The quantitative estimate of drug-likeness (QED) is 0.529. The van der Waals surface area contributed by atoms with Gasteiger partial charge in [-0.2, -0.15) is 8.42 Å². The standard InChI is InChI=1S/C21H19N3O4S/c1-15-22-20(14-24(15)2)29(26,27)23-19-9-5-7-17(13-19)11-10-16-6-4-8-18(12-16)21(25)28-3/h4-9,12-14,23H,1-3H3. The molecule has 7 nitrogen and oxygen atoms in total. The summed E-state index contributed by atoms with van der Waals surface area (Å²) in [7, 11) is -0.751. The zero-order chi connectivity index (χ0) is 21.0. The number of aryl methyl sites for hydroxylation is 2. The highest BCUT2D eigenvalue weighted by atomic mass is 32.2. The molecule has 29 heavy (non-hydrogen) atoms. The second-order valence-electron chi connectivity index (χ2n) is 6.25. The Hall–Kier alpha value is -3.57. The van der Waals surface area contributed by atoms with Crippen LogP contribution in [0.3, 0.4) is 0 Å². The second kappa shape index (κ2) is 8.20. The van der Waals surface area contributed by atoms with E-state index in [1.807, 2.05) is 0 Å². The number of anilines is 1. The molecular weight excluding hydrogens is 390 g/mol. The van der Waals surface area contributed by atoms with Crippen molar-refractivity contribution in [3.05, 3.63) is 77.2 Å². The molecule has 0 amide bonds. The first kappa shape index (κ1) is 20.2. The van der Waals surface area contributed by atoms with Gasteiger partial charge in [0.25, 0.3) is 10.0 Å². The number of esters is 1. The molecule has 0 aliphatic heterocycles. The van der Waals surface area contributed by atoms with Gasteiger partial charge in [0.15, 0.2) is 5.03 Å². The molecule has 0 aliphatic carbocycles. The fourth-order valence-electron chi connectivity index (χ4n) is 2.51. The fourth-order valence-corrected chi connectivity index (χ4v) is 3.60. The van der Waals surface area contributed by atoms with Crippen molar-refractivity contribution in [1.29, 1.82) is 0 Å². The Labute approximate surface area is 169 Å². The average Bonchev–Trinajstić information content (AvgIpc) is 3.05. The number of carbonyl (C=O) groups excluding carboxylic acids is 1. The van der Waals surface area contributed by atoms with Gasteiger partial charge in [-0.05, 0) is 43.3 Å². The zero-order valence-electron chi connectivity index (χ0n) is 16.1. The van der Waals surface area contributed by atoms with Gasteiger partial charge in [-0.25, -0.2) is 9.78 Å². The van der Waals surface area contributed by atoms with Crippen LogP contribution in [0.4, 0.5) is 5.69 Å². The molecule has 8 heteroatoms. The molecule has 0 fully saturated rings. The number of hydrogen-bond acceptors (Lipinski definition) is 5. The van der Waals surface area contributed by atoms with Crippen molar-refractivity contribution < 1.29 is 17.9 Å². The SMILES string of the molecule is COC(=O)c1cccc(C#Cc2cccc(NS(=O)(=O)c3cn(C)c(C)n3)c2)c1. The number of nitrogens with one attached hydrogen (secondary N) is 1. The van der Waals surface area contributed by atoms with Crippen molar-refractivity contribution in [3.8, 4) is 11.8 Å². The van der Waals surface area contributed by atoms with Gasteiger partial charge in [0.2, 0.25) is 0 Å². The van der Waals surface area contributed by atoms with Gasteiger partial charge in [-0.15, -0.1) is 0 Å². The van der Waals surface area contributed by atoms with E-state index in [2.05, 4.69) is 21.5 Å². The average molecular weight is 409 g/mol. The number of ether oxygens (including phenoxy) is 1. The van der Waals surface area contributed by atoms with E-state index in [0.29, 0.717) is 28.2 Å². The van der Waals surface area contributed by atoms with Gasteiger partial charge < -0.3 is 9.30 Å². The van der Waals surface area contributed by atoms with Crippen molar-refractivity contribution in [2.75, 3.05) is 11.8 Å². The van der Waals surface area contributed by atoms with Crippen LogP contribution in [0, 0.1) is 18.8 Å². The second-order valence-corrected chi connectivity index (χ2v) is 7.88. The highest BCUT2D eigenvalue weighted by Crippen LogP contribution is 2.16. The largest absolute Gasteiger partial charge is 0.465 e. The van der Waals surface area contributed by atoms with E-state index >= 15 is 0 Å². The van der Waals surface area contributed by atoms with Crippen LogP contribution < -0.4 is 4.72 Å². The van der Waals surface area contributed by atoms with Crippen molar-refractivity contribution in [2.24, 2.45) is 7.05 Å². The van der Waals surface area contributed by atoms with Gasteiger partial charge in [0, 0.05) is 24.4 Å². The number of aromatic nitrogens is 2. The van der Waals surface area contributed by atoms with E-state index in [4.69, 9.17) is 4.74 Å². The fraction of sp³-hybridized carbons (Fsp3) is 0.143. The molecule has 148 valence electrons. The van der Waals surface area contributed by atoms with E-state index in [9.17, 15) is 13.2 Å². The topological polar surface area (TPSA) is 90.3 Å². The first-order valence-corrected chi connectivity index (χ1v) is 10.1. The Kier molecular flexibility index (Phi) is 5.71. The van der Waals surface area contributed by atoms with Crippen molar-refractivity contribution in [1.82, 2.24) is 9.55 Å². The lowest BCUT2D eigenvalue weighted by Gasteiger charge is -2.06. The Morgan fingerprint density at radius 2 is 1.76 bits per heavy atom. The van der Waals surface area contributed by atoms with Gasteiger partial charge in [0.1, 0.15) is 5.82 Å². The van der Waals surface area contributed by atoms with Crippen LogP contribution in [0.15, 0.2) is 59.8 Å². The lowest BCUT2D eigenvalue weighted by atomic mass is 10.1. The summed E-state index contributed by atoms with van der Waals surface area (Å²) >= 11 is 0. The highest BCUT2D eigenvalue weighted by Gasteiger charge is 2.18. The van der Waals surface area contributed by atoms with Crippen LogP contribution in [0.1, 0.15) is 27.3 Å². The van der Waals surface area contributed by atoms with Gasteiger partial charge >= 0.3 is 5.97 Å². The molecule has 0 radical (unpaired) electrons. The van der Waals surface area contributed by atoms with Gasteiger partial charge in [-0.3, -0.25) is 4.72 Å². The molecule has 3 rings (SSSR count). The molecule has 3 aromatic rings. The minimum atomic E-state index is -3.80. The smallest absolute Gasteiger partial charge is 0.337 e. The number of rotatable bonds is 4. The Morgan fingerprint density at radius 1 is 1.10 bits per heavy atom. The first-order valence-electron chi connectivity index (χ1n) is 8.62. The van der Waals surface area contributed by atoms with Crippen LogP contribution in [0.2, 0.25) is 0 Å². The van der Waals surface area contributed by atoms with Crippen molar-refractivity contribution in [3.63, 3.8) is 0 Å². The minimum Gasteiger partial charge on any atom is -0.465 e. The summed E-state index contributed by atoms with van der Waals surface area (Å²) in [6, 6.07) is 13.5. The molecule has 0 saturated heterocycles. The monoisotopic (exact) mass is 409 g/mol. The summed E-state index contributed by atoms with van der Waals surface area (Å²) in [5.74, 6) is 6.09. The summed E-state index contributed by atoms with van der Waals surface area (Å²) in [6.07, 6.45) is 1.45. The molecule has 0 aliphatic rings. The molecule has 0 atom stereocenters. The lowest BCUT2D eigenvalue weighted by molar-refractivity contribution is 0.0600. The molecule has 2 aromatic carbocycles. The van der Waals surface area contributed by atoms with E-state index in [-0.39, 0.29) is 5.03 Å². The van der Waals surface area contributed by atoms with Crippen LogP contribution in [0.25, 0.3) is 0 Å². The van der Waals surface area contributed by atoms with Gasteiger partial charge in [0.05, 0.1) is 18.4 Å². The van der Waals surface area contributed by atoms with Gasteiger partial charge in [-0.1, -0.05) is 24.0 Å². The molecule has 1 aromatic heterocycles. The number of methoxy groups -OCH3 is 1. The Balaban J connectivity index is 1.82. The molecular formula is C21H19N3O4S. The summed E-state index contributed by atoms with van der Waals surface area (Å²) in [5, 5.41) is -0.0476. The maximum Gasteiger partial charge on any atom is 0.337 e. The van der Waals surface area contributed by atoms with E-state index in [0.717, 1.165) is 0 Å². The normalized spacial score (nSPS) is 10.7. The lowest BCUT2D eigenvalue weighted by Crippen LogP contribution is -2.13. The molecule has 0 unspecified atom stereocenters. The predicted molar refractivity (Wildman–Crippen MR) is 109 cm³/mol. The summed E-state index contributed by atoms with van der Waals surface area (Å²) in [5.41, 5.74) is 2.04. The maximum absolute atomic E-state index is 12.5. The third-order valence-corrected chi connectivity index (χ3v) is 5.36. The van der Waals surface area contributed by atoms with Crippen LogP contribution in [0.5, 0.6) is 0 Å². The Morgan fingerprint density at radius 3 is 2.38 bits per heavy atom. The van der Waals surface area contributed by atoms with Crippen LogP contribution in [-0.4, -0.2) is 31.0 Å². The number of hydrogen-bond donors (Lipinski definition) is 1. The van der Waals surface area contributed by atoms with Crippen molar-refractivity contribution in [2.45, 2.75) is 11.9 Å². The third-order valence-electron chi connectivity index (χ3n) is 4.11. The molecule has 0 saturated carbocycles. The highest BCUT2D eigenvalue weighted by molar-refractivity contribution is 7.92. The maximum atomic E-state index is 12.5. The number of carbonyl (C=O) groups is 1. The predicted octanol–water partition coefficient (Wildman–Crippen LogP) is 2.72. The molecule has 0 spiro atoms. The Bertz CT molecular complexity index is 1210. The molecule has 0 bridgehead atoms. The van der Waals surface area contributed by atoms with E-state index < -0.39 is 16.0 Å². The van der Waals surface area contributed by atoms with Crippen LogP contribution >= 0.6 is 0 Å². The van der Waals surface area contributed by atoms with Crippen LogP contribution in [-0.2, 0) is 21.8 Å². The summed E-state index contributed by atoms with van der Waals surface area (Å²) < 4.78 is 33.9. The summed E-state index contributed by atoms with van der Waals surface area (Å²) in [6.45, 7) is 1.73. The molecule has 1 N–H and O–H groups in total.